The zero-order valence-electron chi connectivity index (χ0n) is 12.8. The van der Waals surface area contributed by atoms with Crippen LogP contribution in [0.25, 0.3) is 0 Å². The summed E-state index contributed by atoms with van der Waals surface area (Å²) >= 11 is 0. The van der Waals surface area contributed by atoms with Gasteiger partial charge in [-0.15, -0.1) is 0 Å². The van der Waals surface area contributed by atoms with E-state index in [0.717, 1.165) is 5.56 Å². The molecule has 0 fully saturated rings. The molecule has 1 unspecified atom stereocenters. The number of sulfone groups is 1. The van der Waals surface area contributed by atoms with Gasteiger partial charge in [-0.05, 0) is 30.9 Å². The molecule has 0 aliphatic heterocycles. The van der Waals surface area contributed by atoms with E-state index in [1.54, 1.807) is 18.2 Å². The Morgan fingerprint density at radius 2 is 1.86 bits per heavy atom. The number of amides is 1. The van der Waals surface area contributed by atoms with E-state index in [4.69, 9.17) is 5.73 Å². The summed E-state index contributed by atoms with van der Waals surface area (Å²) in [5.41, 5.74) is 6.94. The first-order chi connectivity index (χ1) is 9.77. The molecular weight excluding hydrogens is 288 g/mol. The predicted octanol–water partition coefficient (Wildman–Crippen LogP) is 1.93. The number of benzene rings is 1. The van der Waals surface area contributed by atoms with Gasteiger partial charge in [-0.2, -0.15) is 0 Å². The van der Waals surface area contributed by atoms with Gasteiger partial charge >= 0.3 is 0 Å². The number of hydrogen-bond donors (Lipinski definition) is 2. The van der Waals surface area contributed by atoms with Gasteiger partial charge in [0.15, 0.2) is 9.84 Å². The van der Waals surface area contributed by atoms with Crippen LogP contribution in [0.1, 0.15) is 32.8 Å². The minimum absolute atomic E-state index is 0.0256. The van der Waals surface area contributed by atoms with Crippen LogP contribution in [0.4, 0.5) is 5.69 Å². The number of carbonyl (C=O) groups is 1. The molecule has 0 saturated heterocycles. The molecule has 0 aliphatic rings. The summed E-state index contributed by atoms with van der Waals surface area (Å²) in [5, 5.41) is 1.59. The van der Waals surface area contributed by atoms with Crippen molar-refractivity contribution in [3.05, 3.63) is 29.8 Å². The minimum atomic E-state index is -3.44. The van der Waals surface area contributed by atoms with Gasteiger partial charge in [-0.25, -0.2) is 8.42 Å². The lowest BCUT2D eigenvalue weighted by Gasteiger charge is -2.15. The first-order valence-corrected chi connectivity index (χ1v) is 8.80. The van der Waals surface area contributed by atoms with E-state index in [9.17, 15) is 13.2 Å². The van der Waals surface area contributed by atoms with Gasteiger partial charge in [-0.1, -0.05) is 32.0 Å². The molecule has 0 saturated carbocycles. The highest BCUT2D eigenvalue weighted by Crippen LogP contribution is 2.16. The largest absolute Gasteiger partial charge is 0.326 e. The third-order valence-corrected chi connectivity index (χ3v) is 5.48. The lowest BCUT2D eigenvalue weighted by Crippen LogP contribution is -2.34. The lowest BCUT2D eigenvalue weighted by atomic mass is 10.2. The summed E-state index contributed by atoms with van der Waals surface area (Å²) in [4.78, 5) is 12.1. The molecule has 1 aromatic rings. The molecule has 0 aromatic heterocycles. The van der Waals surface area contributed by atoms with Gasteiger partial charge in [0.05, 0.1) is 5.75 Å². The lowest BCUT2D eigenvalue weighted by molar-refractivity contribution is -0.115. The number of rotatable bonds is 7. The zero-order chi connectivity index (χ0) is 16.0. The Bertz CT molecular complexity index is 582. The van der Waals surface area contributed by atoms with Crippen molar-refractivity contribution in [3.8, 4) is 0 Å². The molecule has 5 nitrogen and oxygen atoms in total. The van der Waals surface area contributed by atoms with E-state index in [1.807, 2.05) is 19.9 Å². The van der Waals surface area contributed by atoms with Gasteiger partial charge < -0.3 is 11.1 Å². The standard InChI is InChI=1S/C15H24N2O3S/c1-11(2)8-9-21(19,20)12(3)15(18)17-14-7-5-4-6-13(14)10-16/h4-7,11-12H,8-10,16H2,1-3H3,(H,17,18). The van der Waals surface area contributed by atoms with Gasteiger partial charge in [0.1, 0.15) is 5.25 Å². The first-order valence-electron chi connectivity index (χ1n) is 7.08. The van der Waals surface area contributed by atoms with Crippen molar-refractivity contribution in [2.45, 2.75) is 39.0 Å². The van der Waals surface area contributed by atoms with Gasteiger partial charge in [0, 0.05) is 12.2 Å². The fourth-order valence-corrected chi connectivity index (χ4v) is 3.33. The van der Waals surface area contributed by atoms with Crippen molar-refractivity contribution in [3.63, 3.8) is 0 Å². The van der Waals surface area contributed by atoms with E-state index in [1.165, 1.54) is 6.92 Å². The molecule has 3 N–H and O–H groups in total. The number of nitrogens with two attached hydrogens (primary N) is 1. The Hall–Kier alpha value is -1.40. The average molecular weight is 312 g/mol. The molecule has 1 rings (SSSR count). The van der Waals surface area contributed by atoms with Gasteiger partial charge in [0.25, 0.3) is 0 Å². The van der Waals surface area contributed by atoms with Crippen LogP contribution in [0.15, 0.2) is 24.3 Å². The molecular formula is C15H24N2O3S. The number of nitrogens with one attached hydrogen (secondary N) is 1. The summed E-state index contributed by atoms with van der Waals surface area (Å²) in [5.74, 6) is -0.203. The average Bonchev–Trinajstić information content (AvgIpc) is 2.45. The monoisotopic (exact) mass is 312 g/mol. The van der Waals surface area contributed by atoms with Crippen LogP contribution in [-0.4, -0.2) is 25.3 Å². The highest BCUT2D eigenvalue weighted by molar-refractivity contribution is 7.92. The number of carbonyl (C=O) groups excluding carboxylic acids is 1. The highest BCUT2D eigenvalue weighted by atomic mass is 32.2. The maximum absolute atomic E-state index is 12.1. The normalized spacial score (nSPS) is 13.2. The minimum Gasteiger partial charge on any atom is -0.326 e. The second kappa shape index (κ2) is 7.56. The van der Waals surface area contributed by atoms with Crippen LogP contribution in [0, 0.1) is 5.92 Å². The van der Waals surface area contributed by atoms with Gasteiger partial charge in [-0.3, -0.25) is 4.79 Å². The van der Waals surface area contributed by atoms with E-state index in [2.05, 4.69) is 5.32 Å². The maximum Gasteiger partial charge on any atom is 0.242 e. The van der Waals surface area contributed by atoms with Crippen molar-refractivity contribution >= 4 is 21.4 Å². The summed E-state index contributed by atoms with van der Waals surface area (Å²) in [6.45, 7) is 5.62. The second-order valence-corrected chi connectivity index (χ2v) is 7.98. The second-order valence-electron chi connectivity index (χ2n) is 5.54. The molecule has 6 heteroatoms. The Labute approximate surface area is 126 Å². The molecule has 118 valence electrons. The maximum atomic E-state index is 12.1. The van der Waals surface area contributed by atoms with Crippen molar-refractivity contribution in [1.29, 1.82) is 0 Å². The van der Waals surface area contributed by atoms with Crippen LogP contribution in [0.5, 0.6) is 0 Å². The van der Waals surface area contributed by atoms with Crippen molar-refractivity contribution in [1.82, 2.24) is 0 Å². The Balaban J connectivity index is 2.79. The van der Waals surface area contributed by atoms with Crippen LogP contribution >= 0.6 is 0 Å². The Morgan fingerprint density at radius 3 is 2.43 bits per heavy atom. The number of hydrogen-bond acceptors (Lipinski definition) is 4. The highest BCUT2D eigenvalue weighted by Gasteiger charge is 2.28. The quantitative estimate of drug-likeness (QED) is 0.805. The van der Waals surface area contributed by atoms with E-state index in [-0.39, 0.29) is 18.2 Å². The van der Waals surface area contributed by atoms with Crippen molar-refractivity contribution in [2.75, 3.05) is 11.1 Å². The number of para-hydroxylation sites is 1. The Morgan fingerprint density at radius 1 is 1.24 bits per heavy atom. The molecule has 0 aliphatic carbocycles. The van der Waals surface area contributed by atoms with Crippen LogP contribution in [-0.2, 0) is 21.2 Å². The van der Waals surface area contributed by atoms with Crippen molar-refractivity contribution in [2.24, 2.45) is 11.7 Å². The van der Waals surface area contributed by atoms with Crippen LogP contribution in [0.3, 0.4) is 0 Å². The van der Waals surface area contributed by atoms with Crippen LogP contribution in [0.2, 0.25) is 0 Å². The summed E-state index contributed by atoms with van der Waals surface area (Å²) in [6.07, 6.45) is 0.555. The third kappa shape index (κ3) is 5.13. The Kier molecular flexibility index (Phi) is 6.36. The fourth-order valence-electron chi connectivity index (χ4n) is 1.79. The van der Waals surface area contributed by atoms with E-state index < -0.39 is 21.0 Å². The summed E-state index contributed by atoms with van der Waals surface area (Å²) < 4.78 is 24.3. The third-order valence-electron chi connectivity index (χ3n) is 3.38. The SMILES string of the molecule is CC(C)CCS(=O)(=O)C(C)C(=O)Nc1ccccc1CN. The molecule has 21 heavy (non-hydrogen) atoms. The molecule has 0 spiro atoms. The molecule has 0 radical (unpaired) electrons. The zero-order valence-corrected chi connectivity index (χ0v) is 13.6. The summed E-state index contributed by atoms with van der Waals surface area (Å²) in [7, 11) is -3.44. The molecule has 0 heterocycles. The predicted molar refractivity (Wildman–Crippen MR) is 85.7 cm³/mol. The van der Waals surface area contributed by atoms with E-state index in [0.29, 0.717) is 12.1 Å². The first kappa shape index (κ1) is 17.7. The molecule has 1 amide bonds. The fraction of sp³-hybridized carbons (Fsp3) is 0.533. The smallest absolute Gasteiger partial charge is 0.242 e. The number of anilines is 1. The summed E-state index contributed by atoms with van der Waals surface area (Å²) in [6, 6.07) is 7.11. The topological polar surface area (TPSA) is 89.3 Å². The van der Waals surface area contributed by atoms with Crippen molar-refractivity contribution < 1.29 is 13.2 Å². The van der Waals surface area contributed by atoms with E-state index >= 15 is 0 Å². The molecule has 0 bridgehead atoms. The molecule has 1 atom stereocenters. The van der Waals surface area contributed by atoms with Gasteiger partial charge in [0.2, 0.25) is 5.91 Å². The molecule has 1 aromatic carbocycles. The van der Waals surface area contributed by atoms with Crippen LogP contribution < -0.4 is 11.1 Å².